The summed E-state index contributed by atoms with van der Waals surface area (Å²) >= 11 is 8.11. The van der Waals surface area contributed by atoms with Gasteiger partial charge in [0.15, 0.2) is 18.1 Å². The lowest BCUT2D eigenvalue weighted by atomic mass is 10.1. The maximum Gasteiger partial charge on any atom is 0.344 e. The number of ether oxygens (including phenoxy) is 3. The molecule has 0 aliphatic carbocycles. The van der Waals surface area contributed by atoms with Crippen molar-refractivity contribution in [3.63, 3.8) is 0 Å². The number of amides is 1. The van der Waals surface area contributed by atoms with Crippen molar-refractivity contribution in [2.24, 2.45) is 5.10 Å². The summed E-state index contributed by atoms with van der Waals surface area (Å²) in [5.41, 5.74) is 4.43. The van der Waals surface area contributed by atoms with Crippen LogP contribution in [0.15, 0.2) is 35.4 Å². The summed E-state index contributed by atoms with van der Waals surface area (Å²) in [4.78, 5) is 23.7. The van der Waals surface area contributed by atoms with Gasteiger partial charge in [-0.1, -0.05) is 17.7 Å². The average Bonchev–Trinajstić information content (AvgIpc) is 2.69. The van der Waals surface area contributed by atoms with Crippen molar-refractivity contribution in [1.29, 1.82) is 0 Å². The molecule has 0 saturated heterocycles. The fourth-order valence-corrected chi connectivity index (χ4v) is 3.21. The van der Waals surface area contributed by atoms with Crippen LogP contribution in [0.4, 0.5) is 0 Å². The molecule has 0 heterocycles. The largest absolute Gasteiger partial charge is 0.493 e. The number of carbonyl (C=O) groups excluding carboxylic acids is 2. The fourth-order valence-electron chi connectivity index (χ4n) is 2.25. The molecule has 0 aliphatic rings. The van der Waals surface area contributed by atoms with Crippen molar-refractivity contribution in [3.8, 4) is 11.5 Å². The molecule has 0 unspecified atom stereocenters. The molecule has 9 heteroatoms. The predicted octanol–water partition coefficient (Wildman–Crippen LogP) is 3.97. The van der Waals surface area contributed by atoms with Gasteiger partial charge in [-0.15, -0.1) is 0 Å². The summed E-state index contributed by atoms with van der Waals surface area (Å²) in [5, 5.41) is 4.49. The standard InChI is InChI=1S/C20H20ClIN2O5/c1-4-28-18(25)11-29-19-16(22)7-13(8-17(19)27-3)10-23-24-20(26)14-6-5-12(2)15(21)9-14/h5-10H,4,11H2,1-3H3,(H,24,26)/b23-10-. The van der Waals surface area contributed by atoms with Crippen molar-refractivity contribution in [2.45, 2.75) is 13.8 Å². The molecule has 7 nitrogen and oxygen atoms in total. The first-order valence-corrected chi connectivity index (χ1v) is 10.1. The van der Waals surface area contributed by atoms with Gasteiger partial charge in [0, 0.05) is 10.6 Å². The number of aryl methyl sites for hydroxylation is 1. The molecule has 0 radical (unpaired) electrons. The van der Waals surface area contributed by atoms with E-state index in [0.717, 1.165) is 5.56 Å². The van der Waals surface area contributed by atoms with Gasteiger partial charge in [-0.3, -0.25) is 4.79 Å². The number of methoxy groups -OCH3 is 1. The van der Waals surface area contributed by atoms with E-state index in [1.54, 1.807) is 37.3 Å². The van der Waals surface area contributed by atoms with Crippen molar-refractivity contribution in [1.82, 2.24) is 5.43 Å². The number of nitrogens with zero attached hydrogens (tertiary/aromatic N) is 1. The normalized spacial score (nSPS) is 10.7. The molecule has 0 fully saturated rings. The number of rotatable bonds is 8. The second-order valence-electron chi connectivity index (χ2n) is 5.79. The van der Waals surface area contributed by atoms with E-state index in [9.17, 15) is 9.59 Å². The molecule has 0 aliphatic heterocycles. The highest BCUT2D eigenvalue weighted by Gasteiger charge is 2.13. The second-order valence-corrected chi connectivity index (χ2v) is 7.36. The smallest absolute Gasteiger partial charge is 0.344 e. The minimum atomic E-state index is -0.463. The average molecular weight is 531 g/mol. The van der Waals surface area contributed by atoms with Crippen LogP contribution >= 0.6 is 34.2 Å². The minimum absolute atomic E-state index is 0.219. The van der Waals surface area contributed by atoms with E-state index in [-0.39, 0.29) is 19.1 Å². The summed E-state index contributed by atoms with van der Waals surface area (Å²) in [6.07, 6.45) is 1.48. The van der Waals surface area contributed by atoms with Gasteiger partial charge in [-0.2, -0.15) is 5.10 Å². The topological polar surface area (TPSA) is 86.2 Å². The molecule has 2 aromatic carbocycles. The van der Waals surface area contributed by atoms with Crippen molar-refractivity contribution >= 4 is 52.3 Å². The van der Waals surface area contributed by atoms with Crippen LogP contribution in [0.2, 0.25) is 5.02 Å². The van der Waals surface area contributed by atoms with Crippen LogP contribution in [0.3, 0.4) is 0 Å². The molecule has 29 heavy (non-hydrogen) atoms. The molecule has 1 N–H and O–H groups in total. The number of esters is 1. The molecular weight excluding hydrogens is 511 g/mol. The first-order chi connectivity index (χ1) is 13.8. The van der Waals surface area contributed by atoms with E-state index in [4.69, 9.17) is 25.8 Å². The van der Waals surface area contributed by atoms with Gasteiger partial charge in [0.1, 0.15) is 0 Å². The fraction of sp³-hybridized carbons (Fsp3) is 0.250. The highest BCUT2D eigenvalue weighted by Crippen LogP contribution is 2.33. The third kappa shape index (κ3) is 6.60. The summed E-state index contributed by atoms with van der Waals surface area (Å²) in [6.45, 7) is 3.65. The van der Waals surface area contributed by atoms with Crippen LogP contribution < -0.4 is 14.9 Å². The Hall–Kier alpha value is -2.33. The Morgan fingerprint density at radius 1 is 1.28 bits per heavy atom. The zero-order valence-electron chi connectivity index (χ0n) is 16.1. The summed E-state index contributed by atoms with van der Waals surface area (Å²) < 4.78 is 16.4. The lowest BCUT2D eigenvalue weighted by molar-refractivity contribution is -0.145. The molecule has 0 bridgehead atoms. The molecule has 0 saturated carbocycles. The van der Waals surface area contributed by atoms with E-state index in [0.29, 0.717) is 31.2 Å². The number of hydrogen-bond acceptors (Lipinski definition) is 6. The summed E-state index contributed by atoms with van der Waals surface area (Å²) in [7, 11) is 1.49. The van der Waals surface area contributed by atoms with Crippen LogP contribution in [0.1, 0.15) is 28.4 Å². The van der Waals surface area contributed by atoms with E-state index in [1.807, 2.05) is 6.92 Å². The van der Waals surface area contributed by atoms with E-state index >= 15 is 0 Å². The second kappa shape index (κ2) is 11.0. The molecule has 2 rings (SSSR count). The number of hydrogen-bond donors (Lipinski definition) is 1. The van der Waals surface area contributed by atoms with Gasteiger partial charge in [0.2, 0.25) is 0 Å². The molecule has 1 amide bonds. The summed E-state index contributed by atoms with van der Waals surface area (Å²) in [5.74, 6) is 0.0186. The quantitative estimate of drug-likeness (QED) is 0.242. The Morgan fingerprint density at radius 2 is 2.03 bits per heavy atom. The van der Waals surface area contributed by atoms with Gasteiger partial charge < -0.3 is 14.2 Å². The lowest BCUT2D eigenvalue weighted by Gasteiger charge is -2.13. The first-order valence-electron chi connectivity index (χ1n) is 8.61. The number of hydrazone groups is 1. The molecule has 0 atom stereocenters. The number of carbonyl (C=O) groups is 2. The third-order valence-electron chi connectivity index (χ3n) is 3.71. The maximum absolute atomic E-state index is 12.2. The Morgan fingerprint density at radius 3 is 2.69 bits per heavy atom. The highest BCUT2D eigenvalue weighted by molar-refractivity contribution is 14.1. The van der Waals surface area contributed by atoms with Crippen LogP contribution in [-0.2, 0) is 9.53 Å². The number of halogens is 2. The van der Waals surface area contributed by atoms with Gasteiger partial charge >= 0.3 is 5.97 Å². The third-order valence-corrected chi connectivity index (χ3v) is 4.91. The SMILES string of the molecule is CCOC(=O)COc1c(I)cc(/C=N\NC(=O)c2ccc(C)c(Cl)c2)cc1OC. The van der Waals surface area contributed by atoms with Crippen molar-refractivity contribution in [2.75, 3.05) is 20.3 Å². The number of nitrogens with one attached hydrogen (secondary N) is 1. The zero-order chi connectivity index (χ0) is 21.4. The molecular formula is C20H20ClIN2O5. The molecule has 0 spiro atoms. The Balaban J connectivity index is 2.08. The van der Waals surface area contributed by atoms with Crippen LogP contribution in [0, 0.1) is 10.5 Å². The molecule has 154 valence electrons. The highest BCUT2D eigenvalue weighted by atomic mass is 127. The monoisotopic (exact) mass is 530 g/mol. The molecule has 2 aromatic rings. The van der Waals surface area contributed by atoms with Crippen molar-refractivity contribution in [3.05, 3.63) is 55.6 Å². The molecule has 0 aromatic heterocycles. The van der Waals surface area contributed by atoms with Crippen LogP contribution in [0.25, 0.3) is 0 Å². The van der Waals surface area contributed by atoms with Gasteiger partial charge in [0.25, 0.3) is 5.91 Å². The van der Waals surface area contributed by atoms with Gasteiger partial charge in [-0.25, -0.2) is 10.2 Å². The first kappa shape index (κ1) is 23.0. The Kier molecular flexibility index (Phi) is 8.71. The summed E-state index contributed by atoms with van der Waals surface area (Å²) in [6, 6.07) is 8.49. The van der Waals surface area contributed by atoms with E-state index < -0.39 is 5.97 Å². The van der Waals surface area contributed by atoms with Crippen LogP contribution in [-0.4, -0.2) is 38.4 Å². The number of benzene rings is 2. The van der Waals surface area contributed by atoms with Crippen LogP contribution in [0.5, 0.6) is 11.5 Å². The Bertz CT molecular complexity index is 933. The predicted molar refractivity (Wildman–Crippen MR) is 119 cm³/mol. The zero-order valence-corrected chi connectivity index (χ0v) is 19.0. The van der Waals surface area contributed by atoms with Gasteiger partial charge in [-0.05, 0) is 71.8 Å². The van der Waals surface area contributed by atoms with Gasteiger partial charge in [0.05, 0.1) is 23.5 Å². The van der Waals surface area contributed by atoms with E-state index in [1.165, 1.54) is 13.3 Å². The maximum atomic E-state index is 12.2. The minimum Gasteiger partial charge on any atom is -0.493 e. The lowest BCUT2D eigenvalue weighted by Crippen LogP contribution is -2.17. The Labute approximate surface area is 187 Å². The van der Waals surface area contributed by atoms with Crippen molar-refractivity contribution < 1.29 is 23.8 Å². The van der Waals surface area contributed by atoms with E-state index in [2.05, 4.69) is 33.1 Å².